The Morgan fingerprint density at radius 3 is 2.82 bits per heavy atom. The largest absolute Gasteiger partial charge is 0.440 e. The molecular formula is C15H14ClN3O2S. The van der Waals surface area contributed by atoms with Crippen LogP contribution in [0.15, 0.2) is 36.7 Å². The van der Waals surface area contributed by atoms with Gasteiger partial charge in [-0.2, -0.15) is 0 Å². The number of nitrogens with one attached hydrogen (secondary N) is 1. The molecule has 114 valence electrons. The van der Waals surface area contributed by atoms with Crippen molar-refractivity contribution in [3.63, 3.8) is 0 Å². The highest BCUT2D eigenvalue weighted by molar-refractivity contribution is 7.17. The lowest BCUT2D eigenvalue weighted by molar-refractivity contribution is 0.122. The van der Waals surface area contributed by atoms with Gasteiger partial charge in [-0.25, -0.2) is 9.78 Å². The molecule has 0 aliphatic carbocycles. The Kier molecular flexibility index (Phi) is 4.04. The lowest BCUT2D eigenvalue weighted by atomic mass is 10.3. The minimum Gasteiger partial charge on any atom is -0.440 e. The highest BCUT2D eigenvalue weighted by atomic mass is 35.5. The maximum atomic E-state index is 12.0. The summed E-state index contributed by atoms with van der Waals surface area (Å²) in [5.41, 5.74) is 1.67. The summed E-state index contributed by atoms with van der Waals surface area (Å²) in [5.74, 6) is 0. The first-order chi connectivity index (χ1) is 10.5. The molecule has 1 atom stereocenters. The van der Waals surface area contributed by atoms with Crippen molar-refractivity contribution in [1.82, 2.24) is 9.38 Å². The molecule has 22 heavy (non-hydrogen) atoms. The number of halogens is 1. The van der Waals surface area contributed by atoms with Crippen molar-refractivity contribution in [1.29, 1.82) is 0 Å². The fraction of sp³-hybridized carbons (Fsp3) is 0.200. The van der Waals surface area contributed by atoms with Crippen LogP contribution in [0.5, 0.6) is 0 Å². The number of carbonyl (C=O) groups excluding carboxylic acids is 1. The van der Waals surface area contributed by atoms with Gasteiger partial charge in [0.25, 0.3) is 0 Å². The zero-order valence-corrected chi connectivity index (χ0v) is 13.6. The van der Waals surface area contributed by atoms with E-state index in [1.165, 1.54) is 11.3 Å². The molecule has 0 aliphatic rings. The highest BCUT2D eigenvalue weighted by Crippen LogP contribution is 2.30. The Morgan fingerprint density at radius 1 is 1.41 bits per heavy atom. The number of benzene rings is 1. The van der Waals surface area contributed by atoms with Gasteiger partial charge in [0.05, 0.1) is 4.88 Å². The number of nitrogens with zero attached hydrogens (tertiary/aromatic N) is 2. The first kappa shape index (κ1) is 14.9. The van der Waals surface area contributed by atoms with Crippen LogP contribution in [-0.4, -0.2) is 15.5 Å². The minimum absolute atomic E-state index is 0.348. The molecule has 1 amide bonds. The molecule has 0 radical (unpaired) electrons. The van der Waals surface area contributed by atoms with Crippen LogP contribution in [0.4, 0.5) is 10.5 Å². The zero-order chi connectivity index (χ0) is 15.7. The van der Waals surface area contributed by atoms with Gasteiger partial charge in [0.2, 0.25) is 0 Å². The summed E-state index contributed by atoms with van der Waals surface area (Å²) in [7, 11) is 0. The summed E-state index contributed by atoms with van der Waals surface area (Å²) in [5, 5.41) is 3.29. The summed E-state index contributed by atoms with van der Waals surface area (Å²) in [6.45, 7) is 3.83. The van der Waals surface area contributed by atoms with E-state index in [0.29, 0.717) is 10.7 Å². The number of imidazole rings is 1. The number of ether oxygens (including phenoxy) is 1. The van der Waals surface area contributed by atoms with E-state index in [1.807, 2.05) is 24.4 Å². The quantitative estimate of drug-likeness (QED) is 0.756. The SMILES string of the molecule is Cc1c(C(C)OC(=O)Nc2ccc(Cl)cc2)sc2nccn12. The van der Waals surface area contributed by atoms with E-state index in [2.05, 4.69) is 10.3 Å². The van der Waals surface area contributed by atoms with Crippen LogP contribution in [0.25, 0.3) is 4.96 Å². The van der Waals surface area contributed by atoms with Gasteiger partial charge in [-0.1, -0.05) is 22.9 Å². The number of aromatic nitrogens is 2. The summed E-state index contributed by atoms with van der Waals surface area (Å²) in [6, 6.07) is 6.86. The Morgan fingerprint density at radius 2 is 2.14 bits per heavy atom. The van der Waals surface area contributed by atoms with E-state index in [0.717, 1.165) is 15.5 Å². The maximum absolute atomic E-state index is 12.0. The monoisotopic (exact) mass is 335 g/mol. The lowest BCUT2D eigenvalue weighted by Crippen LogP contribution is -2.16. The smallest absolute Gasteiger partial charge is 0.412 e. The Labute approximate surface area is 136 Å². The molecule has 1 unspecified atom stereocenters. The average molecular weight is 336 g/mol. The fourth-order valence-electron chi connectivity index (χ4n) is 2.18. The number of aryl methyl sites for hydroxylation is 1. The van der Waals surface area contributed by atoms with Gasteiger partial charge in [-0.15, -0.1) is 0 Å². The van der Waals surface area contributed by atoms with Crippen LogP contribution >= 0.6 is 22.9 Å². The maximum Gasteiger partial charge on any atom is 0.412 e. The van der Waals surface area contributed by atoms with Crippen molar-refractivity contribution in [2.24, 2.45) is 0 Å². The summed E-state index contributed by atoms with van der Waals surface area (Å²) in [6.07, 6.45) is 2.80. The predicted molar refractivity (Wildman–Crippen MR) is 87.8 cm³/mol. The zero-order valence-electron chi connectivity index (χ0n) is 12.0. The predicted octanol–water partition coefficient (Wildman–Crippen LogP) is 4.67. The normalized spacial score (nSPS) is 12.3. The first-order valence-electron chi connectivity index (χ1n) is 6.70. The van der Waals surface area contributed by atoms with E-state index < -0.39 is 6.09 Å². The van der Waals surface area contributed by atoms with E-state index in [-0.39, 0.29) is 6.10 Å². The molecule has 0 bridgehead atoms. The Bertz CT molecular complexity index is 810. The first-order valence-corrected chi connectivity index (χ1v) is 7.89. The molecule has 3 rings (SSSR count). The van der Waals surface area contributed by atoms with Crippen molar-refractivity contribution in [2.75, 3.05) is 5.32 Å². The Balaban J connectivity index is 1.69. The van der Waals surface area contributed by atoms with Crippen LogP contribution in [0.1, 0.15) is 23.6 Å². The van der Waals surface area contributed by atoms with E-state index in [4.69, 9.17) is 16.3 Å². The molecule has 0 saturated heterocycles. The van der Waals surface area contributed by atoms with Crippen molar-refractivity contribution in [2.45, 2.75) is 20.0 Å². The average Bonchev–Trinajstić information content (AvgIpc) is 3.05. The van der Waals surface area contributed by atoms with E-state index in [1.54, 1.807) is 30.5 Å². The standard InChI is InChI=1S/C15H14ClN3O2S/c1-9-13(22-14-17-7-8-19(9)14)10(2)21-15(20)18-12-5-3-11(16)4-6-12/h3-8,10H,1-2H3,(H,18,20). The topological polar surface area (TPSA) is 55.6 Å². The lowest BCUT2D eigenvalue weighted by Gasteiger charge is -2.13. The third-order valence-electron chi connectivity index (χ3n) is 3.27. The summed E-state index contributed by atoms with van der Waals surface area (Å²) in [4.78, 5) is 18.1. The molecule has 1 aromatic carbocycles. The second-order valence-corrected chi connectivity index (χ2v) is 6.26. The van der Waals surface area contributed by atoms with E-state index >= 15 is 0 Å². The number of hydrogen-bond donors (Lipinski definition) is 1. The molecule has 0 aliphatic heterocycles. The van der Waals surface area contributed by atoms with Gasteiger partial charge in [-0.05, 0) is 38.1 Å². The third-order valence-corrected chi connectivity index (χ3v) is 4.85. The molecule has 1 N–H and O–H groups in total. The van der Waals surface area contributed by atoms with Gasteiger partial charge < -0.3 is 4.74 Å². The number of thiazole rings is 1. The molecule has 0 saturated carbocycles. The summed E-state index contributed by atoms with van der Waals surface area (Å²) < 4.78 is 7.42. The Hall–Kier alpha value is -2.05. The van der Waals surface area contributed by atoms with Crippen molar-refractivity contribution >= 4 is 39.7 Å². The van der Waals surface area contributed by atoms with Crippen LogP contribution in [0.3, 0.4) is 0 Å². The molecular weight excluding hydrogens is 322 g/mol. The number of rotatable bonds is 3. The van der Waals surface area contributed by atoms with Gasteiger partial charge in [0.15, 0.2) is 4.96 Å². The number of amides is 1. The molecule has 3 aromatic rings. The third kappa shape index (κ3) is 2.93. The fourth-order valence-corrected chi connectivity index (χ4v) is 3.38. The minimum atomic E-state index is -0.500. The number of fused-ring (bicyclic) bond motifs is 1. The molecule has 0 spiro atoms. The van der Waals surface area contributed by atoms with E-state index in [9.17, 15) is 4.79 Å². The number of anilines is 1. The van der Waals surface area contributed by atoms with Gasteiger partial charge in [-0.3, -0.25) is 9.72 Å². The van der Waals surface area contributed by atoms with Crippen LogP contribution in [0.2, 0.25) is 5.02 Å². The molecule has 0 fully saturated rings. The van der Waals surface area contributed by atoms with Crippen molar-refractivity contribution in [3.05, 3.63) is 52.3 Å². The van der Waals surface area contributed by atoms with Gasteiger partial charge in [0, 0.05) is 28.8 Å². The number of hydrogen-bond acceptors (Lipinski definition) is 4. The van der Waals surface area contributed by atoms with Crippen molar-refractivity contribution in [3.8, 4) is 0 Å². The summed E-state index contributed by atoms with van der Waals surface area (Å²) >= 11 is 7.33. The molecule has 7 heteroatoms. The second-order valence-electron chi connectivity index (χ2n) is 4.81. The van der Waals surface area contributed by atoms with Crippen LogP contribution in [0, 0.1) is 6.92 Å². The number of carbonyl (C=O) groups is 1. The van der Waals surface area contributed by atoms with Gasteiger partial charge in [0.1, 0.15) is 6.10 Å². The van der Waals surface area contributed by atoms with Crippen LogP contribution < -0.4 is 5.32 Å². The molecule has 2 heterocycles. The van der Waals surface area contributed by atoms with Crippen molar-refractivity contribution < 1.29 is 9.53 Å². The van der Waals surface area contributed by atoms with Gasteiger partial charge >= 0.3 is 6.09 Å². The van der Waals surface area contributed by atoms with Crippen LogP contribution in [-0.2, 0) is 4.74 Å². The highest BCUT2D eigenvalue weighted by Gasteiger charge is 2.18. The molecule has 5 nitrogen and oxygen atoms in total. The second kappa shape index (κ2) is 5.98. The molecule has 2 aromatic heterocycles.